The number of nitrogens with zero attached hydrogens (tertiary/aromatic N) is 2. The van der Waals surface area contributed by atoms with Gasteiger partial charge in [-0.3, -0.25) is 9.78 Å². The van der Waals surface area contributed by atoms with Crippen molar-refractivity contribution >= 4 is 49.0 Å². The van der Waals surface area contributed by atoms with Crippen LogP contribution in [0.2, 0.25) is 0 Å². The van der Waals surface area contributed by atoms with Gasteiger partial charge >= 0.3 is 12.0 Å². The first kappa shape index (κ1) is 44.2. The van der Waals surface area contributed by atoms with E-state index in [2.05, 4.69) is 88.1 Å². The topological polar surface area (TPSA) is 67.4 Å². The Hall–Kier alpha value is -4.91. The molecule has 7 rings (SSSR count). The van der Waals surface area contributed by atoms with Crippen LogP contribution in [0.5, 0.6) is 0 Å². The van der Waals surface area contributed by atoms with Crippen molar-refractivity contribution < 1.29 is 43.2 Å². The van der Waals surface area contributed by atoms with E-state index in [0.717, 1.165) is 92.0 Å². The summed E-state index contributed by atoms with van der Waals surface area (Å²) in [5, 5.41) is 17.1. The second-order valence-electron chi connectivity index (χ2n) is 15.7. The molecule has 58 heavy (non-hydrogen) atoms. The zero-order valence-electron chi connectivity index (χ0n) is 34.4. The molecule has 303 valence electrons. The number of ketones is 1. The Kier molecular flexibility index (Phi) is 13.4. The molecule has 0 unspecified atom stereocenters. The number of halogens is 3. The van der Waals surface area contributed by atoms with Gasteiger partial charge in [0.1, 0.15) is 5.76 Å². The van der Waals surface area contributed by atoms with Gasteiger partial charge in [0.15, 0.2) is 0 Å². The first-order valence-corrected chi connectivity index (χ1v) is 19.7. The van der Waals surface area contributed by atoms with Crippen LogP contribution in [0.15, 0.2) is 109 Å². The number of rotatable bonds is 9. The van der Waals surface area contributed by atoms with Crippen molar-refractivity contribution in [3.63, 3.8) is 0 Å². The third-order valence-electron chi connectivity index (χ3n) is 12.2. The van der Waals surface area contributed by atoms with E-state index in [1.165, 1.54) is 11.8 Å². The predicted octanol–water partition coefficient (Wildman–Crippen LogP) is 14.5. The van der Waals surface area contributed by atoms with Crippen molar-refractivity contribution in [1.29, 1.82) is 0 Å². The molecule has 4 nitrogen and oxygen atoms in total. The average Bonchev–Trinajstić information content (AvgIpc) is 3.21. The Morgan fingerprint density at radius 3 is 1.98 bits per heavy atom. The Morgan fingerprint density at radius 2 is 1.33 bits per heavy atom. The van der Waals surface area contributed by atoms with Gasteiger partial charge in [0, 0.05) is 43.3 Å². The Balaban J connectivity index is 0.000000304. The van der Waals surface area contributed by atoms with E-state index in [0.29, 0.717) is 16.9 Å². The molecule has 0 atom stereocenters. The fourth-order valence-electron chi connectivity index (χ4n) is 7.57. The van der Waals surface area contributed by atoms with Crippen LogP contribution in [0.25, 0.3) is 65.6 Å². The van der Waals surface area contributed by atoms with Crippen molar-refractivity contribution in [2.45, 2.75) is 87.2 Å². The zero-order valence-corrected chi connectivity index (χ0v) is 36.8. The number of aryl methyl sites for hydroxylation is 2. The number of allylic oxidation sites excluding steroid dienone is 2. The SMILES string of the molecule is CCC(C)(CC)C(=[OH+])/C=C(\O)C(C)(CC)CC.Cc1[c-]c(-c2nccc3c2ccc2c4ccc(-c5ccc(C(F)(F)F)c6ncccc56)cc4ccc32)cc(C)c1.[Ir]. The van der Waals surface area contributed by atoms with E-state index in [1.54, 1.807) is 24.3 Å². The molecule has 0 amide bonds. The molecule has 5 aromatic carbocycles. The van der Waals surface area contributed by atoms with Gasteiger partial charge < -0.3 is 10.1 Å². The summed E-state index contributed by atoms with van der Waals surface area (Å²) in [5.41, 5.74) is 4.48. The van der Waals surface area contributed by atoms with E-state index in [4.69, 9.17) is 4.98 Å². The number of benzene rings is 5. The Morgan fingerprint density at radius 1 is 0.707 bits per heavy atom. The van der Waals surface area contributed by atoms with Crippen LogP contribution in [0.1, 0.15) is 83.9 Å². The normalized spacial score (nSPS) is 12.4. The molecule has 2 aromatic heterocycles. The van der Waals surface area contributed by atoms with Gasteiger partial charge in [0.2, 0.25) is 0 Å². The third kappa shape index (κ3) is 8.60. The fraction of sp³-hybridized carbons (Fsp3) is 0.300. The molecule has 0 aliphatic carbocycles. The van der Waals surface area contributed by atoms with Gasteiger partial charge in [-0.25, -0.2) is 0 Å². The van der Waals surface area contributed by atoms with E-state index >= 15 is 0 Å². The van der Waals surface area contributed by atoms with Crippen LogP contribution in [0, 0.1) is 30.7 Å². The summed E-state index contributed by atoms with van der Waals surface area (Å²) in [4.78, 5) is 19.0. The maximum absolute atomic E-state index is 13.6. The smallest absolute Gasteiger partial charge is 0.418 e. The van der Waals surface area contributed by atoms with Crippen molar-refractivity contribution in [1.82, 2.24) is 9.97 Å². The van der Waals surface area contributed by atoms with Crippen LogP contribution >= 0.6 is 0 Å². The molecule has 8 heteroatoms. The molecule has 7 aromatic rings. The molecule has 0 spiro atoms. The average molecular weight is 961 g/mol. The van der Waals surface area contributed by atoms with Crippen molar-refractivity contribution in [2.75, 3.05) is 0 Å². The van der Waals surface area contributed by atoms with Gasteiger partial charge in [0.05, 0.1) is 22.6 Å². The van der Waals surface area contributed by atoms with Crippen molar-refractivity contribution in [3.05, 3.63) is 132 Å². The monoisotopic (exact) mass is 961 g/mol. The number of alkyl halides is 3. The molecule has 2 heterocycles. The van der Waals surface area contributed by atoms with Crippen LogP contribution < -0.4 is 0 Å². The van der Waals surface area contributed by atoms with Gasteiger partial charge in [0.25, 0.3) is 0 Å². The van der Waals surface area contributed by atoms with Crippen LogP contribution in [0.3, 0.4) is 0 Å². The van der Waals surface area contributed by atoms with E-state index < -0.39 is 11.7 Å². The molecule has 1 radical (unpaired) electrons. The first-order valence-electron chi connectivity index (χ1n) is 19.7. The second kappa shape index (κ2) is 17.5. The summed E-state index contributed by atoms with van der Waals surface area (Å²) in [6, 6.07) is 30.3. The molecule has 0 aliphatic heterocycles. The van der Waals surface area contributed by atoms with Crippen molar-refractivity contribution in [3.8, 4) is 22.4 Å². The van der Waals surface area contributed by atoms with Crippen LogP contribution in [-0.2, 0) is 26.3 Å². The van der Waals surface area contributed by atoms with Crippen LogP contribution in [0.4, 0.5) is 13.2 Å². The molecular formula is C50H51F3IrN2O2. The summed E-state index contributed by atoms with van der Waals surface area (Å²) >= 11 is 0. The van der Waals surface area contributed by atoms with Gasteiger partial charge in [-0.05, 0) is 106 Å². The molecular weight excluding hydrogens is 910 g/mol. The number of aromatic nitrogens is 2. The van der Waals surface area contributed by atoms with E-state index in [-0.39, 0.29) is 36.5 Å². The maximum Gasteiger partial charge on any atom is 0.418 e. The number of carbonyl (C=O) groups excluding carboxylic acids is 1. The minimum Gasteiger partial charge on any atom is -0.511 e. The minimum atomic E-state index is -4.47. The third-order valence-corrected chi connectivity index (χ3v) is 12.2. The summed E-state index contributed by atoms with van der Waals surface area (Å²) < 4.78 is 40.9. The van der Waals surface area contributed by atoms with E-state index in [9.17, 15) is 23.1 Å². The van der Waals surface area contributed by atoms with E-state index in [1.807, 2.05) is 45.2 Å². The molecule has 2 N–H and O–H groups in total. The number of hydrogen-bond donors (Lipinski definition) is 1. The zero-order chi connectivity index (χ0) is 41.3. The number of aliphatic hydroxyl groups excluding tert-OH is 1. The molecule has 0 fully saturated rings. The number of hydrogen-bond acceptors (Lipinski definition) is 3. The number of fused-ring (bicyclic) bond motifs is 6. The number of pyridine rings is 2. The van der Waals surface area contributed by atoms with Gasteiger partial charge in [-0.2, -0.15) is 13.2 Å². The first-order chi connectivity index (χ1) is 27.1. The predicted molar refractivity (Wildman–Crippen MR) is 231 cm³/mol. The second-order valence-corrected chi connectivity index (χ2v) is 15.7. The molecule has 0 aliphatic rings. The molecule has 0 saturated heterocycles. The maximum atomic E-state index is 13.6. The molecule has 0 saturated carbocycles. The number of aliphatic hydroxyl groups is 1. The van der Waals surface area contributed by atoms with Crippen LogP contribution in [-0.4, -0.2) is 25.7 Å². The fourth-order valence-corrected chi connectivity index (χ4v) is 7.57. The Labute approximate surface area is 353 Å². The summed E-state index contributed by atoms with van der Waals surface area (Å²) in [5.74, 6) is 0.598. The van der Waals surface area contributed by atoms with Gasteiger partial charge in [-0.15, -0.1) is 34.9 Å². The molecule has 0 bridgehead atoms. The Bertz CT molecular complexity index is 2640. The summed E-state index contributed by atoms with van der Waals surface area (Å²) in [7, 11) is 0. The summed E-state index contributed by atoms with van der Waals surface area (Å²) in [6.07, 6.45) is 3.82. The van der Waals surface area contributed by atoms with Gasteiger partial charge in [-0.1, -0.05) is 97.0 Å². The standard InChI is InChI=1S/C35H22F3N2.C15H28O2.Ir/c1-20-16-21(2)18-24(17-20)33-31-10-9-27-25-7-5-23(19-22(25)6-8-28(27)29(31)13-15-40-33)26-11-12-32(35(36,37)38)34-30(26)4-3-14-39-34;1-7-14(5,8-2)12(16)11-13(17)15(6,9-3)10-4;/h3-17,19H,1-2H3;11,16H,7-10H2,1-6H3;/q-1;;/p+1/b;12-11-;. The summed E-state index contributed by atoms with van der Waals surface area (Å²) in [6.45, 7) is 16.4. The largest absolute Gasteiger partial charge is 0.511 e. The van der Waals surface area contributed by atoms with Crippen molar-refractivity contribution in [2.24, 2.45) is 10.8 Å². The minimum absolute atomic E-state index is 0. The quantitative estimate of drug-likeness (QED) is 0.0515.